The lowest BCUT2D eigenvalue weighted by atomic mass is 9.99. The Balaban J connectivity index is 1.26. The average molecular weight is 666 g/mol. The molecule has 2 aliphatic rings. The van der Waals surface area contributed by atoms with Crippen LogP contribution < -0.4 is 4.74 Å². The fourth-order valence-corrected chi connectivity index (χ4v) is 6.89. The normalized spacial score (nSPS) is 17.0. The maximum Gasteiger partial charge on any atom is 0.410 e. The molecular formula is C35H47N5O6S. The monoisotopic (exact) mass is 665 g/mol. The maximum absolute atomic E-state index is 13.0. The summed E-state index contributed by atoms with van der Waals surface area (Å²) < 4.78 is 25.3. The number of carbonyl (C=O) groups excluding carboxylic acids is 2. The molecule has 0 saturated carbocycles. The first-order chi connectivity index (χ1) is 22.1. The van der Waals surface area contributed by atoms with Gasteiger partial charge in [0.1, 0.15) is 40.4 Å². The summed E-state index contributed by atoms with van der Waals surface area (Å²) in [5.74, 6) is 1.76. The van der Waals surface area contributed by atoms with E-state index in [-0.39, 0.29) is 24.6 Å². The van der Waals surface area contributed by atoms with Crippen LogP contribution in [0.1, 0.15) is 100 Å². The number of hydrogen-bond donors (Lipinski definition) is 0. The molecule has 0 unspecified atom stereocenters. The molecular weight excluding hydrogens is 618 g/mol. The van der Waals surface area contributed by atoms with E-state index in [9.17, 15) is 9.59 Å². The summed E-state index contributed by atoms with van der Waals surface area (Å²) in [4.78, 5) is 33.4. The molecule has 0 spiro atoms. The second kappa shape index (κ2) is 13.8. The minimum atomic E-state index is -0.607. The first-order valence-electron chi connectivity index (χ1n) is 16.2. The van der Waals surface area contributed by atoms with Crippen molar-refractivity contribution in [3.8, 4) is 10.8 Å². The van der Waals surface area contributed by atoms with Gasteiger partial charge in [-0.2, -0.15) is 0 Å². The van der Waals surface area contributed by atoms with E-state index < -0.39 is 17.2 Å². The number of aromatic nitrogens is 3. The standard InChI is InChI=1S/C35H47N5O6S/c1-21-22(2)47-32-29(21)30(36-27(20-28(41)45-34(4,5)6)31-38-37-23(3)40(31)32)24-10-12-25(13-11-24)43-18-19-44-26-14-16-39(17-15-26)33(42)46-35(7,8)9/h10-13,26-27H,14-20H2,1-9H3/t27-/m0/s1. The number of aryl methyl sites for hydroxylation is 2. The molecule has 4 heterocycles. The van der Waals surface area contributed by atoms with E-state index in [1.807, 2.05) is 77.3 Å². The molecule has 1 aromatic carbocycles. The summed E-state index contributed by atoms with van der Waals surface area (Å²) in [6.45, 7) is 19.4. The van der Waals surface area contributed by atoms with Gasteiger partial charge in [0.05, 0.1) is 24.8 Å². The highest BCUT2D eigenvalue weighted by atomic mass is 32.1. The van der Waals surface area contributed by atoms with Gasteiger partial charge >= 0.3 is 12.1 Å². The predicted octanol–water partition coefficient (Wildman–Crippen LogP) is 6.67. The van der Waals surface area contributed by atoms with Crippen molar-refractivity contribution in [3.05, 3.63) is 57.5 Å². The lowest BCUT2D eigenvalue weighted by Gasteiger charge is -2.33. The zero-order valence-electron chi connectivity index (χ0n) is 29.0. The van der Waals surface area contributed by atoms with Gasteiger partial charge in [0.25, 0.3) is 0 Å². The van der Waals surface area contributed by atoms with Crippen LogP contribution in [0.2, 0.25) is 0 Å². The second-order valence-corrected chi connectivity index (χ2v) is 15.3. The molecule has 1 atom stereocenters. The molecule has 2 aromatic heterocycles. The van der Waals surface area contributed by atoms with Crippen molar-refractivity contribution in [3.63, 3.8) is 0 Å². The van der Waals surface area contributed by atoms with Gasteiger partial charge in [-0.15, -0.1) is 21.5 Å². The molecule has 12 heteroatoms. The third-order valence-corrected chi connectivity index (χ3v) is 9.14. The van der Waals surface area contributed by atoms with Crippen LogP contribution in [0, 0.1) is 20.8 Å². The smallest absolute Gasteiger partial charge is 0.410 e. The summed E-state index contributed by atoms with van der Waals surface area (Å²) in [5, 5.41) is 9.83. The molecule has 11 nitrogen and oxygen atoms in total. The summed E-state index contributed by atoms with van der Waals surface area (Å²) >= 11 is 1.67. The number of hydrogen-bond acceptors (Lipinski definition) is 10. The number of esters is 1. The molecule has 0 N–H and O–H groups in total. The van der Waals surface area contributed by atoms with Crippen molar-refractivity contribution < 1.29 is 28.5 Å². The molecule has 0 aliphatic carbocycles. The van der Waals surface area contributed by atoms with Gasteiger partial charge in [0.15, 0.2) is 5.82 Å². The Morgan fingerprint density at radius 3 is 2.21 bits per heavy atom. The third kappa shape index (κ3) is 8.39. The topological polar surface area (TPSA) is 117 Å². The SMILES string of the molecule is Cc1sc2c(c1C)C(c1ccc(OCCOC3CCN(C(=O)OC(C)(C)C)CC3)cc1)=N[C@@H](CC(=O)OC(C)(C)C)c1nnc(C)n1-2. The molecule has 254 valence electrons. The van der Waals surface area contributed by atoms with Gasteiger partial charge in [0.2, 0.25) is 0 Å². The third-order valence-electron chi connectivity index (χ3n) is 7.95. The number of amides is 1. The number of aliphatic imine (C=N–C) groups is 1. The molecule has 1 fully saturated rings. The Morgan fingerprint density at radius 2 is 1.57 bits per heavy atom. The Labute approximate surface area is 281 Å². The molecule has 47 heavy (non-hydrogen) atoms. The predicted molar refractivity (Wildman–Crippen MR) is 181 cm³/mol. The van der Waals surface area contributed by atoms with Crippen molar-refractivity contribution in [2.75, 3.05) is 26.3 Å². The lowest BCUT2D eigenvalue weighted by molar-refractivity contribution is -0.155. The van der Waals surface area contributed by atoms with Gasteiger partial charge < -0.3 is 23.8 Å². The Morgan fingerprint density at radius 1 is 0.915 bits per heavy atom. The zero-order chi connectivity index (χ0) is 34.1. The number of thiophene rings is 1. The number of ether oxygens (including phenoxy) is 4. The minimum Gasteiger partial charge on any atom is -0.491 e. The maximum atomic E-state index is 13.0. The Hall–Kier alpha value is -3.77. The van der Waals surface area contributed by atoms with Crippen LogP contribution in [-0.2, 0) is 19.0 Å². The van der Waals surface area contributed by atoms with Crippen molar-refractivity contribution in [1.82, 2.24) is 19.7 Å². The summed E-state index contributed by atoms with van der Waals surface area (Å²) in [7, 11) is 0. The average Bonchev–Trinajstić information content (AvgIpc) is 3.46. The van der Waals surface area contributed by atoms with E-state index in [0.29, 0.717) is 32.1 Å². The number of fused-ring (bicyclic) bond motifs is 3. The first-order valence-corrected chi connectivity index (χ1v) is 17.1. The van der Waals surface area contributed by atoms with E-state index in [0.717, 1.165) is 51.8 Å². The molecule has 1 amide bonds. The molecule has 0 radical (unpaired) electrons. The Bertz CT molecular complexity index is 1620. The fraction of sp³-hybridized carbons (Fsp3) is 0.571. The highest BCUT2D eigenvalue weighted by Crippen LogP contribution is 2.40. The number of carbonyl (C=O) groups is 2. The van der Waals surface area contributed by atoms with Crippen LogP contribution >= 0.6 is 11.3 Å². The number of rotatable bonds is 8. The lowest BCUT2D eigenvalue weighted by Crippen LogP contribution is -2.43. The van der Waals surface area contributed by atoms with E-state index >= 15 is 0 Å². The first kappa shape index (κ1) is 34.6. The van der Waals surface area contributed by atoms with Crippen LogP contribution in [0.4, 0.5) is 4.79 Å². The van der Waals surface area contributed by atoms with E-state index in [1.165, 1.54) is 4.88 Å². The quantitative estimate of drug-likeness (QED) is 0.193. The van der Waals surface area contributed by atoms with Gasteiger partial charge in [-0.05, 0) is 105 Å². The minimum absolute atomic E-state index is 0.0487. The van der Waals surface area contributed by atoms with Crippen LogP contribution in [0.5, 0.6) is 5.75 Å². The molecule has 2 aliphatic heterocycles. The summed E-state index contributed by atoms with van der Waals surface area (Å²) in [6.07, 6.45) is 1.40. The zero-order valence-corrected chi connectivity index (χ0v) is 29.8. The molecule has 0 bridgehead atoms. The van der Waals surface area contributed by atoms with E-state index in [4.69, 9.17) is 23.9 Å². The number of piperidine rings is 1. The number of likely N-dealkylation sites (tertiary alicyclic amines) is 1. The highest BCUT2D eigenvalue weighted by molar-refractivity contribution is 7.15. The van der Waals surface area contributed by atoms with Crippen molar-refractivity contribution >= 4 is 29.1 Å². The molecule has 3 aromatic rings. The van der Waals surface area contributed by atoms with Crippen molar-refractivity contribution in [1.29, 1.82) is 0 Å². The van der Waals surface area contributed by atoms with Gasteiger partial charge in [-0.25, -0.2) is 4.79 Å². The van der Waals surface area contributed by atoms with Gasteiger partial charge in [-0.1, -0.05) is 0 Å². The van der Waals surface area contributed by atoms with Crippen molar-refractivity contribution in [2.24, 2.45) is 4.99 Å². The second-order valence-electron chi connectivity index (χ2n) is 14.1. The van der Waals surface area contributed by atoms with Gasteiger partial charge in [0, 0.05) is 29.1 Å². The van der Waals surface area contributed by atoms with Crippen LogP contribution in [0.25, 0.3) is 5.00 Å². The summed E-state index contributed by atoms with van der Waals surface area (Å²) in [5.41, 5.74) is 2.76. The van der Waals surface area contributed by atoms with Crippen LogP contribution in [0.15, 0.2) is 29.3 Å². The molecule has 5 rings (SSSR count). The van der Waals surface area contributed by atoms with Crippen LogP contribution in [0.3, 0.4) is 0 Å². The Kier molecular flexibility index (Phi) is 10.1. The van der Waals surface area contributed by atoms with Crippen LogP contribution in [-0.4, -0.2) is 81.0 Å². The van der Waals surface area contributed by atoms with Crippen molar-refractivity contribution in [2.45, 2.75) is 105 Å². The highest BCUT2D eigenvalue weighted by Gasteiger charge is 2.33. The van der Waals surface area contributed by atoms with Gasteiger partial charge in [-0.3, -0.25) is 14.4 Å². The van der Waals surface area contributed by atoms with E-state index in [2.05, 4.69) is 24.0 Å². The largest absolute Gasteiger partial charge is 0.491 e. The number of nitrogens with zero attached hydrogens (tertiary/aromatic N) is 5. The fourth-order valence-electron chi connectivity index (χ4n) is 5.68. The van der Waals surface area contributed by atoms with E-state index in [1.54, 1.807) is 16.2 Å². The summed E-state index contributed by atoms with van der Waals surface area (Å²) in [6, 6.07) is 7.31. The molecule has 1 saturated heterocycles. The number of benzene rings is 1.